The zero-order chi connectivity index (χ0) is 19.6. The Morgan fingerprint density at radius 2 is 1.85 bits per heavy atom. The summed E-state index contributed by atoms with van der Waals surface area (Å²) in [7, 11) is -2.57. The standard InChI is InChI=1S/C19H19NO6S/c1-12-8-14(10-15(9-12)24-2)17-16(21)18(19(20)25-17)26-27(22,23)11-13-6-4-3-5-7-13/h3-10,17H,11,20H2,1-2H3. The maximum atomic E-state index is 12.7. The first-order chi connectivity index (χ1) is 12.8. The summed E-state index contributed by atoms with van der Waals surface area (Å²) in [5.41, 5.74) is 7.60. The Labute approximate surface area is 157 Å². The van der Waals surface area contributed by atoms with Crippen molar-refractivity contribution in [1.29, 1.82) is 0 Å². The molecule has 1 aliphatic heterocycles. The van der Waals surface area contributed by atoms with E-state index in [4.69, 9.17) is 19.4 Å². The first-order valence-corrected chi connectivity index (χ1v) is 9.69. The van der Waals surface area contributed by atoms with Gasteiger partial charge in [0, 0.05) is 5.56 Å². The Bertz CT molecular complexity index is 998. The average Bonchev–Trinajstić information content (AvgIpc) is 2.89. The Morgan fingerprint density at radius 3 is 2.52 bits per heavy atom. The smallest absolute Gasteiger partial charge is 0.313 e. The Morgan fingerprint density at radius 1 is 1.15 bits per heavy atom. The van der Waals surface area contributed by atoms with E-state index >= 15 is 0 Å². The summed E-state index contributed by atoms with van der Waals surface area (Å²) >= 11 is 0. The second-order valence-corrected chi connectivity index (χ2v) is 7.68. The fourth-order valence-electron chi connectivity index (χ4n) is 2.76. The number of methoxy groups -OCH3 is 1. The zero-order valence-corrected chi connectivity index (χ0v) is 15.7. The van der Waals surface area contributed by atoms with Crippen LogP contribution in [0.25, 0.3) is 0 Å². The third kappa shape index (κ3) is 4.22. The minimum absolute atomic E-state index is 0.359. The van der Waals surface area contributed by atoms with Gasteiger partial charge in [-0.3, -0.25) is 4.79 Å². The molecular formula is C19H19NO6S. The van der Waals surface area contributed by atoms with Crippen molar-refractivity contribution in [2.24, 2.45) is 5.73 Å². The van der Waals surface area contributed by atoms with Gasteiger partial charge in [-0.1, -0.05) is 36.4 Å². The highest BCUT2D eigenvalue weighted by Gasteiger charge is 2.39. The number of ether oxygens (including phenoxy) is 2. The highest BCUT2D eigenvalue weighted by atomic mass is 32.2. The van der Waals surface area contributed by atoms with Crippen molar-refractivity contribution in [1.82, 2.24) is 0 Å². The molecule has 0 bridgehead atoms. The molecule has 2 aromatic carbocycles. The molecule has 2 aromatic rings. The van der Waals surface area contributed by atoms with E-state index in [1.807, 2.05) is 6.92 Å². The number of Topliss-reactive ketones (excluding diaryl/α,β-unsaturated/α-hetero) is 1. The van der Waals surface area contributed by atoms with Crippen LogP contribution in [0.1, 0.15) is 22.8 Å². The molecule has 0 aliphatic carbocycles. The molecule has 0 radical (unpaired) electrons. The second-order valence-electron chi connectivity index (χ2n) is 6.11. The van der Waals surface area contributed by atoms with Crippen LogP contribution in [0.5, 0.6) is 5.75 Å². The van der Waals surface area contributed by atoms with Crippen molar-refractivity contribution < 1.29 is 26.9 Å². The van der Waals surface area contributed by atoms with Crippen LogP contribution in [0.3, 0.4) is 0 Å². The molecule has 142 valence electrons. The number of hydrogen-bond acceptors (Lipinski definition) is 7. The Hall–Kier alpha value is -3.00. The van der Waals surface area contributed by atoms with E-state index in [1.165, 1.54) is 7.11 Å². The minimum Gasteiger partial charge on any atom is -0.497 e. The maximum absolute atomic E-state index is 12.7. The summed E-state index contributed by atoms with van der Waals surface area (Å²) in [6, 6.07) is 13.6. The fraction of sp³-hybridized carbons (Fsp3) is 0.211. The predicted octanol–water partition coefficient (Wildman–Crippen LogP) is 2.32. The third-order valence-corrected chi connectivity index (χ3v) is 5.05. The molecule has 0 spiro atoms. The number of ketones is 1. The topological polar surface area (TPSA) is 105 Å². The van der Waals surface area contributed by atoms with Crippen molar-refractivity contribution in [2.45, 2.75) is 18.8 Å². The quantitative estimate of drug-likeness (QED) is 0.756. The molecule has 7 nitrogen and oxygen atoms in total. The maximum Gasteiger partial charge on any atom is 0.313 e. The van der Waals surface area contributed by atoms with Gasteiger partial charge in [-0.15, -0.1) is 0 Å². The summed E-state index contributed by atoms with van der Waals surface area (Å²) in [5, 5.41) is 0. The predicted molar refractivity (Wildman–Crippen MR) is 97.9 cm³/mol. The molecule has 0 amide bonds. The molecule has 2 N–H and O–H groups in total. The molecule has 1 aliphatic rings. The molecular weight excluding hydrogens is 370 g/mol. The molecule has 0 saturated heterocycles. The largest absolute Gasteiger partial charge is 0.497 e. The van der Waals surface area contributed by atoms with Crippen LogP contribution in [0.2, 0.25) is 0 Å². The highest BCUT2D eigenvalue weighted by Crippen LogP contribution is 2.34. The lowest BCUT2D eigenvalue weighted by Gasteiger charge is -2.12. The number of carbonyl (C=O) groups is 1. The van der Waals surface area contributed by atoms with Gasteiger partial charge in [0.2, 0.25) is 17.4 Å². The van der Waals surface area contributed by atoms with Gasteiger partial charge in [0.15, 0.2) is 6.10 Å². The fourth-order valence-corrected chi connectivity index (χ4v) is 3.83. The van der Waals surface area contributed by atoms with E-state index in [9.17, 15) is 13.2 Å². The Balaban J connectivity index is 1.80. The number of nitrogens with two attached hydrogens (primary N) is 1. The van der Waals surface area contributed by atoms with Crippen molar-refractivity contribution in [2.75, 3.05) is 7.11 Å². The van der Waals surface area contributed by atoms with Gasteiger partial charge in [-0.05, 0) is 30.2 Å². The van der Waals surface area contributed by atoms with Crippen LogP contribution in [-0.4, -0.2) is 21.3 Å². The number of aryl methyl sites for hydroxylation is 1. The van der Waals surface area contributed by atoms with Crippen LogP contribution in [0, 0.1) is 6.92 Å². The van der Waals surface area contributed by atoms with E-state index in [0.29, 0.717) is 16.9 Å². The zero-order valence-electron chi connectivity index (χ0n) is 14.8. The summed E-state index contributed by atoms with van der Waals surface area (Å²) < 4.78 is 40.2. The summed E-state index contributed by atoms with van der Waals surface area (Å²) in [6.07, 6.45) is -1.08. The molecule has 8 heteroatoms. The second kappa shape index (κ2) is 7.32. The van der Waals surface area contributed by atoms with Crippen molar-refractivity contribution in [3.63, 3.8) is 0 Å². The van der Waals surface area contributed by atoms with Crippen molar-refractivity contribution in [3.8, 4) is 5.75 Å². The van der Waals surface area contributed by atoms with Crippen LogP contribution in [0.4, 0.5) is 0 Å². The van der Waals surface area contributed by atoms with E-state index in [0.717, 1.165) is 5.56 Å². The molecule has 0 aromatic heterocycles. The first-order valence-electron chi connectivity index (χ1n) is 8.11. The third-order valence-electron chi connectivity index (χ3n) is 3.94. The minimum atomic E-state index is -4.07. The lowest BCUT2D eigenvalue weighted by Crippen LogP contribution is -2.16. The van der Waals surface area contributed by atoms with E-state index in [1.54, 1.807) is 48.5 Å². The Kier molecular flexibility index (Phi) is 5.09. The van der Waals surface area contributed by atoms with Gasteiger partial charge in [-0.25, -0.2) is 0 Å². The average molecular weight is 389 g/mol. The van der Waals surface area contributed by atoms with Crippen LogP contribution >= 0.6 is 0 Å². The van der Waals surface area contributed by atoms with Crippen LogP contribution in [-0.2, 0) is 29.6 Å². The summed E-state index contributed by atoms with van der Waals surface area (Å²) in [6.45, 7) is 1.84. The van der Waals surface area contributed by atoms with Gasteiger partial charge < -0.3 is 19.4 Å². The first kappa shape index (κ1) is 18.8. The molecule has 1 heterocycles. The van der Waals surface area contributed by atoms with Crippen LogP contribution in [0.15, 0.2) is 60.2 Å². The molecule has 1 unspecified atom stereocenters. The van der Waals surface area contributed by atoms with Gasteiger partial charge in [0.1, 0.15) is 11.5 Å². The van der Waals surface area contributed by atoms with E-state index in [2.05, 4.69) is 0 Å². The number of rotatable bonds is 6. The van der Waals surface area contributed by atoms with E-state index < -0.39 is 27.8 Å². The van der Waals surface area contributed by atoms with Crippen LogP contribution < -0.4 is 10.5 Å². The molecule has 0 fully saturated rings. The number of carbonyl (C=O) groups excluding carboxylic acids is 1. The van der Waals surface area contributed by atoms with Crippen molar-refractivity contribution in [3.05, 3.63) is 76.9 Å². The van der Waals surface area contributed by atoms with Gasteiger partial charge in [0.25, 0.3) is 0 Å². The molecule has 27 heavy (non-hydrogen) atoms. The molecule has 1 atom stereocenters. The van der Waals surface area contributed by atoms with Crippen molar-refractivity contribution >= 4 is 15.9 Å². The van der Waals surface area contributed by atoms with E-state index in [-0.39, 0.29) is 11.6 Å². The number of hydrogen-bond donors (Lipinski definition) is 1. The normalized spacial score (nSPS) is 17.0. The van der Waals surface area contributed by atoms with Gasteiger partial charge in [0.05, 0.1) is 7.11 Å². The summed E-state index contributed by atoms with van der Waals surface area (Å²) in [5.74, 6) is -1.36. The lowest BCUT2D eigenvalue weighted by atomic mass is 10.0. The highest BCUT2D eigenvalue weighted by molar-refractivity contribution is 7.86. The SMILES string of the molecule is COc1cc(C)cc(C2OC(N)=C(OS(=O)(=O)Cc3ccccc3)C2=O)c1. The molecule has 3 rings (SSSR count). The molecule has 0 saturated carbocycles. The lowest BCUT2D eigenvalue weighted by molar-refractivity contribution is -0.123. The van der Waals surface area contributed by atoms with Gasteiger partial charge in [-0.2, -0.15) is 8.42 Å². The van der Waals surface area contributed by atoms with Gasteiger partial charge >= 0.3 is 10.1 Å². The monoisotopic (exact) mass is 389 g/mol. The number of benzene rings is 2. The summed E-state index contributed by atoms with van der Waals surface area (Å²) in [4.78, 5) is 12.7.